The second-order valence-electron chi connectivity index (χ2n) is 6.39. The first kappa shape index (κ1) is 18.9. The van der Waals surface area contributed by atoms with Gasteiger partial charge in [0, 0.05) is 12.1 Å². The van der Waals surface area contributed by atoms with Crippen molar-refractivity contribution in [3.05, 3.63) is 0 Å². The Balaban J connectivity index is 3.86. The molecule has 0 amide bonds. The fourth-order valence-corrected chi connectivity index (χ4v) is 2.40. The number of aliphatic hydroxyl groups excluding tert-OH is 1. The number of rotatable bonds is 12. The molecular weight excluding hydrogens is 236 g/mol. The Morgan fingerprint density at radius 2 is 1.89 bits per heavy atom. The molecule has 19 heavy (non-hydrogen) atoms. The van der Waals surface area contributed by atoms with Gasteiger partial charge < -0.3 is 15.3 Å². The lowest BCUT2D eigenvalue weighted by Gasteiger charge is -2.29. The molecule has 0 aliphatic carbocycles. The first-order chi connectivity index (χ1) is 8.97. The summed E-state index contributed by atoms with van der Waals surface area (Å²) < 4.78 is 0. The van der Waals surface area contributed by atoms with Gasteiger partial charge in [0.15, 0.2) is 0 Å². The van der Waals surface area contributed by atoms with Crippen LogP contribution in [0.2, 0.25) is 0 Å². The van der Waals surface area contributed by atoms with E-state index in [1.807, 2.05) is 0 Å². The van der Waals surface area contributed by atoms with Crippen molar-refractivity contribution in [2.24, 2.45) is 5.92 Å². The van der Waals surface area contributed by atoms with Crippen molar-refractivity contribution in [1.82, 2.24) is 10.2 Å². The first-order valence-corrected chi connectivity index (χ1v) is 8.05. The number of hydrogen-bond donors (Lipinski definition) is 2. The predicted octanol–water partition coefficient (Wildman–Crippen LogP) is 2.89. The minimum absolute atomic E-state index is 0.0922. The van der Waals surface area contributed by atoms with Gasteiger partial charge in [-0.3, -0.25) is 0 Å². The molecule has 0 spiro atoms. The van der Waals surface area contributed by atoms with E-state index in [-0.39, 0.29) is 12.1 Å². The summed E-state index contributed by atoms with van der Waals surface area (Å²) in [4.78, 5) is 2.53. The zero-order valence-corrected chi connectivity index (χ0v) is 13.8. The Bertz CT molecular complexity index is 209. The van der Waals surface area contributed by atoms with E-state index in [0.29, 0.717) is 0 Å². The predicted molar refractivity (Wildman–Crippen MR) is 84.6 cm³/mol. The fourth-order valence-electron chi connectivity index (χ4n) is 2.40. The van der Waals surface area contributed by atoms with E-state index in [9.17, 15) is 5.11 Å². The van der Waals surface area contributed by atoms with Crippen molar-refractivity contribution in [2.45, 2.75) is 65.8 Å². The SMILES string of the molecule is CCCNC(C)(CO)CCCCN(CC)CC(C)C. The van der Waals surface area contributed by atoms with Crippen LogP contribution >= 0.6 is 0 Å². The molecule has 0 aromatic carbocycles. The molecule has 0 heterocycles. The normalized spacial score (nSPS) is 15.2. The van der Waals surface area contributed by atoms with Crippen molar-refractivity contribution in [2.75, 3.05) is 32.8 Å². The van der Waals surface area contributed by atoms with Crippen molar-refractivity contribution < 1.29 is 5.11 Å². The maximum absolute atomic E-state index is 9.51. The van der Waals surface area contributed by atoms with Crippen LogP contribution in [-0.2, 0) is 0 Å². The van der Waals surface area contributed by atoms with Gasteiger partial charge in [-0.1, -0.05) is 34.1 Å². The third-order valence-electron chi connectivity index (χ3n) is 3.67. The van der Waals surface area contributed by atoms with Gasteiger partial charge in [0.25, 0.3) is 0 Å². The molecule has 0 aliphatic rings. The van der Waals surface area contributed by atoms with E-state index in [2.05, 4.69) is 44.8 Å². The topological polar surface area (TPSA) is 35.5 Å². The summed E-state index contributed by atoms with van der Waals surface area (Å²) in [5.74, 6) is 0.744. The first-order valence-electron chi connectivity index (χ1n) is 8.05. The number of unbranched alkanes of at least 4 members (excludes halogenated alkanes) is 1. The smallest absolute Gasteiger partial charge is 0.0610 e. The highest BCUT2D eigenvalue weighted by molar-refractivity contribution is 4.81. The average Bonchev–Trinajstić information content (AvgIpc) is 2.39. The zero-order chi connectivity index (χ0) is 14.7. The summed E-state index contributed by atoms with van der Waals surface area (Å²) in [6.07, 6.45) is 4.59. The lowest BCUT2D eigenvalue weighted by atomic mass is 9.95. The molecule has 3 nitrogen and oxygen atoms in total. The monoisotopic (exact) mass is 272 g/mol. The second kappa shape index (κ2) is 10.6. The zero-order valence-electron chi connectivity index (χ0n) is 13.8. The van der Waals surface area contributed by atoms with Gasteiger partial charge in [-0.2, -0.15) is 0 Å². The summed E-state index contributed by atoms with van der Waals surface area (Å²) in [6.45, 7) is 15.8. The van der Waals surface area contributed by atoms with Gasteiger partial charge in [-0.15, -0.1) is 0 Å². The second-order valence-corrected chi connectivity index (χ2v) is 6.39. The van der Waals surface area contributed by atoms with E-state index >= 15 is 0 Å². The van der Waals surface area contributed by atoms with Crippen LogP contribution < -0.4 is 5.32 Å². The maximum Gasteiger partial charge on any atom is 0.0610 e. The van der Waals surface area contributed by atoms with Gasteiger partial charge >= 0.3 is 0 Å². The van der Waals surface area contributed by atoms with Gasteiger partial charge in [0.2, 0.25) is 0 Å². The van der Waals surface area contributed by atoms with Crippen molar-refractivity contribution in [3.8, 4) is 0 Å². The lowest BCUT2D eigenvalue weighted by molar-refractivity contribution is 0.160. The summed E-state index contributed by atoms with van der Waals surface area (Å²) in [5, 5.41) is 13.0. The molecule has 0 aliphatic heterocycles. The van der Waals surface area contributed by atoms with Crippen LogP contribution in [0.15, 0.2) is 0 Å². The molecule has 0 fully saturated rings. The van der Waals surface area contributed by atoms with Gasteiger partial charge in [-0.05, 0) is 51.7 Å². The highest BCUT2D eigenvalue weighted by Crippen LogP contribution is 2.14. The van der Waals surface area contributed by atoms with E-state index in [4.69, 9.17) is 0 Å². The molecule has 0 aromatic rings. The molecule has 1 unspecified atom stereocenters. The van der Waals surface area contributed by atoms with Gasteiger partial charge in [0.05, 0.1) is 6.61 Å². The Kier molecular flexibility index (Phi) is 10.6. The average molecular weight is 272 g/mol. The third kappa shape index (κ3) is 9.42. The molecule has 116 valence electrons. The summed E-state index contributed by atoms with van der Waals surface area (Å²) in [5.41, 5.74) is -0.0922. The fraction of sp³-hybridized carbons (Fsp3) is 1.00. The summed E-state index contributed by atoms with van der Waals surface area (Å²) in [7, 11) is 0. The van der Waals surface area contributed by atoms with Crippen molar-refractivity contribution in [3.63, 3.8) is 0 Å². The molecule has 1 atom stereocenters. The van der Waals surface area contributed by atoms with Crippen LogP contribution in [0.4, 0.5) is 0 Å². The van der Waals surface area contributed by atoms with Crippen LogP contribution in [0.3, 0.4) is 0 Å². The Morgan fingerprint density at radius 1 is 1.21 bits per heavy atom. The Labute approximate surface area is 120 Å². The number of hydrogen-bond acceptors (Lipinski definition) is 3. The quantitative estimate of drug-likeness (QED) is 0.536. The van der Waals surface area contributed by atoms with Crippen molar-refractivity contribution in [1.29, 1.82) is 0 Å². The summed E-state index contributed by atoms with van der Waals surface area (Å²) >= 11 is 0. The van der Waals surface area contributed by atoms with E-state index < -0.39 is 0 Å². The highest BCUT2D eigenvalue weighted by Gasteiger charge is 2.21. The third-order valence-corrected chi connectivity index (χ3v) is 3.67. The molecule has 2 N–H and O–H groups in total. The highest BCUT2D eigenvalue weighted by atomic mass is 16.3. The summed E-state index contributed by atoms with van der Waals surface area (Å²) in [6, 6.07) is 0. The maximum atomic E-state index is 9.51. The number of aliphatic hydroxyl groups is 1. The van der Waals surface area contributed by atoms with Crippen molar-refractivity contribution >= 4 is 0 Å². The Hall–Kier alpha value is -0.120. The molecule has 0 saturated carbocycles. The van der Waals surface area contributed by atoms with Gasteiger partial charge in [-0.25, -0.2) is 0 Å². The number of nitrogens with one attached hydrogen (secondary N) is 1. The lowest BCUT2D eigenvalue weighted by Crippen LogP contribution is -2.46. The molecule has 0 saturated heterocycles. The van der Waals surface area contributed by atoms with Crippen LogP contribution in [0.5, 0.6) is 0 Å². The van der Waals surface area contributed by atoms with Gasteiger partial charge in [0.1, 0.15) is 0 Å². The standard InChI is InChI=1S/C16H36N2O/c1-6-11-17-16(5,14-19)10-8-9-12-18(7-2)13-15(3)4/h15,17,19H,6-14H2,1-5H3. The molecule has 0 aromatic heterocycles. The van der Waals surface area contributed by atoms with Crippen LogP contribution in [0.1, 0.15) is 60.3 Å². The minimum Gasteiger partial charge on any atom is -0.394 e. The molecular formula is C16H36N2O. The largest absolute Gasteiger partial charge is 0.394 e. The van der Waals surface area contributed by atoms with Crippen LogP contribution in [0.25, 0.3) is 0 Å². The van der Waals surface area contributed by atoms with E-state index in [1.54, 1.807) is 0 Å². The van der Waals surface area contributed by atoms with E-state index in [0.717, 1.165) is 31.8 Å². The van der Waals surface area contributed by atoms with Crippen LogP contribution in [-0.4, -0.2) is 48.3 Å². The van der Waals surface area contributed by atoms with Crippen LogP contribution in [0, 0.1) is 5.92 Å². The number of nitrogens with zero attached hydrogens (tertiary/aromatic N) is 1. The van der Waals surface area contributed by atoms with E-state index in [1.165, 1.54) is 25.9 Å². The molecule has 0 bridgehead atoms. The molecule has 3 heteroatoms. The molecule has 0 rings (SSSR count). The molecule has 0 radical (unpaired) electrons. The Morgan fingerprint density at radius 3 is 2.37 bits per heavy atom. The minimum atomic E-state index is -0.0922.